The molecule has 7 heteroatoms. The molecule has 4 rings (SSSR count). The molecule has 1 amide bonds. The van der Waals surface area contributed by atoms with E-state index in [0.717, 1.165) is 26.8 Å². The minimum atomic E-state index is -0.199. The van der Waals surface area contributed by atoms with Gasteiger partial charge in [0.15, 0.2) is 5.13 Å². The Labute approximate surface area is 201 Å². The monoisotopic (exact) mass is 470 g/mol. The maximum atomic E-state index is 12.8. The molecule has 0 fully saturated rings. The predicted molar refractivity (Wildman–Crippen MR) is 135 cm³/mol. The van der Waals surface area contributed by atoms with Crippen molar-refractivity contribution in [3.63, 3.8) is 0 Å². The number of nitriles is 1. The van der Waals surface area contributed by atoms with Crippen molar-refractivity contribution in [3.05, 3.63) is 112 Å². The highest BCUT2D eigenvalue weighted by Gasteiger charge is 2.20. The number of nitrogens with zero attached hydrogens (tertiary/aromatic N) is 3. The molecule has 1 N–H and O–H groups in total. The Bertz CT molecular complexity index is 1250. The highest BCUT2D eigenvalue weighted by Crippen LogP contribution is 2.33. The first kappa shape index (κ1) is 22.6. The van der Waals surface area contributed by atoms with Gasteiger partial charge in [0.1, 0.15) is 5.69 Å². The minimum absolute atomic E-state index is 0.199. The van der Waals surface area contributed by atoms with Crippen LogP contribution < -0.4 is 9.62 Å². The zero-order valence-corrected chi connectivity index (χ0v) is 19.7. The van der Waals surface area contributed by atoms with Crippen molar-refractivity contribution in [2.24, 2.45) is 0 Å². The van der Waals surface area contributed by atoms with Crippen molar-refractivity contribution in [2.45, 2.75) is 19.2 Å². The van der Waals surface area contributed by atoms with Crippen LogP contribution in [0.2, 0.25) is 0 Å². The van der Waals surface area contributed by atoms with Gasteiger partial charge in [-0.15, -0.1) is 11.3 Å². The summed E-state index contributed by atoms with van der Waals surface area (Å²) >= 11 is 2.84. The molecule has 0 bridgehead atoms. The summed E-state index contributed by atoms with van der Waals surface area (Å²) in [6, 6.07) is 29.7. The third-order valence-electron chi connectivity index (χ3n) is 4.97. The lowest BCUT2D eigenvalue weighted by molar-refractivity contribution is 0.0979. The van der Waals surface area contributed by atoms with Gasteiger partial charge in [0.05, 0.1) is 18.2 Å². The first-order valence-electron chi connectivity index (χ1n) is 10.4. The van der Waals surface area contributed by atoms with E-state index < -0.39 is 0 Å². The van der Waals surface area contributed by atoms with E-state index in [1.807, 2.05) is 67.6 Å². The number of nitrogens with one attached hydrogen (secondary N) is 1. The molecule has 0 saturated carbocycles. The quantitative estimate of drug-likeness (QED) is 0.309. The molecule has 4 aromatic rings. The molecular formula is C26H22N4OS2. The number of anilines is 2. The van der Waals surface area contributed by atoms with Crippen LogP contribution in [0.15, 0.2) is 84.9 Å². The maximum Gasteiger partial charge on any atom is 0.280 e. The van der Waals surface area contributed by atoms with E-state index >= 15 is 0 Å². The lowest BCUT2D eigenvalue weighted by Crippen LogP contribution is -2.19. The van der Waals surface area contributed by atoms with Gasteiger partial charge in [0, 0.05) is 16.3 Å². The van der Waals surface area contributed by atoms with Gasteiger partial charge in [-0.05, 0) is 54.3 Å². The van der Waals surface area contributed by atoms with Crippen molar-refractivity contribution < 1.29 is 4.79 Å². The molecule has 33 heavy (non-hydrogen) atoms. The second-order valence-electron chi connectivity index (χ2n) is 7.34. The van der Waals surface area contributed by atoms with Crippen molar-refractivity contribution >= 4 is 40.0 Å². The molecule has 0 saturated heterocycles. The van der Waals surface area contributed by atoms with E-state index in [0.29, 0.717) is 23.6 Å². The molecule has 0 radical (unpaired) electrons. The van der Waals surface area contributed by atoms with Gasteiger partial charge < -0.3 is 4.90 Å². The van der Waals surface area contributed by atoms with E-state index in [-0.39, 0.29) is 5.91 Å². The van der Waals surface area contributed by atoms with E-state index in [9.17, 15) is 4.79 Å². The summed E-state index contributed by atoms with van der Waals surface area (Å²) in [5, 5.41) is 9.88. The molecule has 0 spiro atoms. The smallest absolute Gasteiger partial charge is 0.280 e. The Morgan fingerprint density at radius 3 is 2.27 bits per heavy atom. The van der Waals surface area contributed by atoms with Gasteiger partial charge in [-0.3, -0.25) is 9.52 Å². The van der Waals surface area contributed by atoms with Crippen LogP contribution in [0.3, 0.4) is 0 Å². The number of benzene rings is 3. The fraction of sp³-hybridized carbons (Fsp3) is 0.115. The predicted octanol–water partition coefficient (Wildman–Crippen LogP) is 6.24. The number of thiazole rings is 1. The van der Waals surface area contributed by atoms with Crippen LogP contribution in [0.1, 0.15) is 32.1 Å². The average molecular weight is 471 g/mol. The molecule has 0 aliphatic rings. The summed E-state index contributed by atoms with van der Waals surface area (Å²) in [5.74, 6) is 0.490. The SMILES string of the molecule is Cc1sc(N(Cc2ccccc2)c2ccc(C#N)cc2)nc1C(=O)NSCc1ccccc1. The summed E-state index contributed by atoms with van der Waals surface area (Å²) in [5.41, 5.74) is 4.22. The van der Waals surface area contributed by atoms with Crippen molar-refractivity contribution in [3.8, 4) is 6.07 Å². The summed E-state index contributed by atoms with van der Waals surface area (Å²) in [7, 11) is 0. The first-order chi connectivity index (χ1) is 16.1. The second-order valence-corrected chi connectivity index (χ2v) is 9.30. The fourth-order valence-corrected chi connectivity index (χ4v) is 4.85. The molecule has 0 aliphatic heterocycles. The number of carbonyl (C=O) groups excluding carboxylic acids is 1. The lowest BCUT2D eigenvalue weighted by Gasteiger charge is -2.22. The summed E-state index contributed by atoms with van der Waals surface area (Å²) in [4.78, 5) is 20.5. The molecule has 164 valence electrons. The fourth-order valence-electron chi connectivity index (χ4n) is 3.27. The van der Waals surface area contributed by atoms with Crippen molar-refractivity contribution in [2.75, 3.05) is 4.90 Å². The van der Waals surface area contributed by atoms with Crippen LogP contribution in [0.4, 0.5) is 10.8 Å². The number of hydrogen-bond acceptors (Lipinski definition) is 6. The molecule has 0 unspecified atom stereocenters. The van der Waals surface area contributed by atoms with Gasteiger partial charge in [-0.2, -0.15) is 5.26 Å². The van der Waals surface area contributed by atoms with Gasteiger partial charge in [-0.1, -0.05) is 60.7 Å². The Morgan fingerprint density at radius 2 is 1.64 bits per heavy atom. The van der Waals surface area contributed by atoms with Crippen molar-refractivity contribution in [1.82, 2.24) is 9.71 Å². The Kier molecular flexibility index (Phi) is 7.40. The number of rotatable bonds is 8. The van der Waals surface area contributed by atoms with E-state index in [4.69, 9.17) is 10.2 Å². The highest BCUT2D eigenvalue weighted by molar-refractivity contribution is 7.97. The number of carbonyl (C=O) groups is 1. The molecule has 3 aromatic carbocycles. The third kappa shape index (κ3) is 5.80. The topological polar surface area (TPSA) is 69.0 Å². The number of amides is 1. The van der Waals surface area contributed by atoms with Gasteiger partial charge in [0.25, 0.3) is 5.91 Å². The van der Waals surface area contributed by atoms with Crippen LogP contribution in [0.25, 0.3) is 0 Å². The van der Waals surface area contributed by atoms with Crippen LogP contribution in [0.5, 0.6) is 0 Å². The molecular weight excluding hydrogens is 448 g/mol. The molecule has 0 atom stereocenters. The number of aryl methyl sites for hydroxylation is 1. The Hall–Kier alpha value is -3.60. The average Bonchev–Trinajstić information content (AvgIpc) is 3.25. The van der Waals surface area contributed by atoms with Crippen LogP contribution in [-0.4, -0.2) is 10.9 Å². The van der Waals surface area contributed by atoms with Crippen LogP contribution >= 0.6 is 23.3 Å². The van der Waals surface area contributed by atoms with Crippen molar-refractivity contribution in [1.29, 1.82) is 5.26 Å². The third-order valence-corrected chi connectivity index (χ3v) is 6.77. The first-order valence-corrected chi connectivity index (χ1v) is 12.2. The molecule has 1 aromatic heterocycles. The van der Waals surface area contributed by atoms with E-state index in [2.05, 4.69) is 27.8 Å². The van der Waals surface area contributed by atoms with Crippen LogP contribution in [-0.2, 0) is 12.3 Å². The summed E-state index contributed by atoms with van der Waals surface area (Å²) in [6.07, 6.45) is 0. The Balaban J connectivity index is 1.55. The normalized spacial score (nSPS) is 10.4. The highest BCUT2D eigenvalue weighted by atomic mass is 32.2. The Morgan fingerprint density at radius 1 is 1.00 bits per heavy atom. The largest absolute Gasteiger partial charge is 0.313 e. The van der Waals surface area contributed by atoms with Gasteiger partial charge >= 0.3 is 0 Å². The van der Waals surface area contributed by atoms with E-state index in [1.54, 1.807) is 12.1 Å². The van der Waals surface area contributed by atoms with Crippen LogP contribution in [0, 0.1) is 18.3 Å². The number of aromatic nitrogens is 1. The summed E-state index contributed by atoms with van der Waals surface area (Å²) < 4.78 is 2.91. The minimum Gasteiger partial charge on any atom is -0.313 e. The summed E-state index contributed by atoms with van der Waals surface area (Å²) in [6.45, 7) is 2.51. The zero-order chi connectivity index (χ0) is 23.0. The zero-order valence-electron chi connectivity index (χ0n) is 18.1. The standard InChI is InChI=1S/C26H22N4OS2/c1-19-24(25(31)29-32-18-22-10-6-3-7-11-22)28-26(33-19)30(17-21-8-4-2-5-9-21)23-14-12-20(16-27)13-15-23/h2-15H,17-18H2,1H3,(H,29,31). The molecule has 1 heterocycles. The van der Waals surface area contributed by atoms with Gasteiger partial charge in [0.2, 0.25) is 0 Å². The molecule has 5 nitrogen and oxygen atoms in total. The number of hydrogen-bond donors (Lipinski definition) is 1. The van der Waals surface area contributed by atoms with Gasteiger partial charge in [-0.25, -0.2) is 4.98 Å². The second kappa shape index (κ2) is 10.8. The molecule has 0 aliphatic carbocycles. The van der Waals surface area contributed by atoms with E-state index in [1.165, 1.54) is 23.3 Å². The maximum absolute atomic E-state index is 12.8. The lowest BCUT2D eigenvalue weighted by atomic mass is 10.2.